The molecule has 0 saturated carbocycles. The fourth-order valence-electron chi connectivity index (χ4n) is 3.64. The maximum Gasteiger partial charge on any atom is 0.261 e. The van der Waals surface area contributed by atoms with Crippen LogP contribution in [0, 0.1) is 13.8 Å². The zero-order valence-electron chi connectivity index (χ0n) is 19.2. The fraction of sp³-hybridized carbons (Fsp3) is 0.259. The molecule has 0 heterocycles. The van der Waals surface area contributed by atoms with E-state index in [1.807, 2.05) is 86.6 Å². The van der Waals surface area contributed by atoms with Crippen LogP contribution in [-0.2, 0) is 22.6 Å². The van der Waals surface area contributed by atoms with E-state index in [0.29, 0.717) is 18.7 Å². The van der Waals surface area contributed by atoms with E-state index in [-0.39, 0.29) is 18.4 Å². The summed E-state index contributed by atoms with van der Waals surface area (Å²) in [7, 11) is 1.59. The first-order valence-corrected chi connectivity index (χ1v) is 11.7. The summed E-state index contributed by atoms with van der Waals surface area (Å²) in [6.07, 6.45) is 0.406. The van der Waals surface area contributed by atoms with E-state index in [2.05, 4.69) is 21.2 Å². The summed E-state index contributed by atoms with van der Waals surface area (Å²) in [5, 5.41) is 2.73. The number of nitrogens with one attached hydrogen (secondary N) is 1. The maximum absolute atomic E-state index is 13.5. The van der Waals surface area contributed by atoms with E-state index in [9.17, 15) is 9.59 Å². The summed E-state index contributed by atoms with van der Waals surface area (Å²) < 4.78 is 6.82. The third-order valence-corrected chi connectivity index (χ3v) is 5.95. The van der Waals surface area contributed by atoms with Gasteiger partial charge in [0, 0.05) is 24.5 Å². The van der Waals surface area contributed by atoms with Crippen molar-refractivity contribution in [2.24, 2.45) is 0 Å². The molecule has 0 fully saturated rings. The molecule has 0 aliphatic carbocycles. The summed E-state index contributed by atoms with van der Waals surface area (Å²) in [6.45, 7) is 4.07. The minimum atomic E-state index is -0.675. The Morgan fingerprint density at radius 3 is 2.39 bits per heavy atom. The van der Waals surface area contributed by atoms with E-state index in [1.54, 1.807) is 11.9 Å². The Morgan fingerprint density at radius 1 is 0.970 bits per heavy atom. The van der Waals surface area contributed by atoms with Gasteiger partial charge in [-0.1, -0.05) is 70.5 Å². The highest BCUT2D eigenvalue weighted by Crippen LogP contribution is 2.21. The number of hydrogen-bond donors (Lipinski definition) is 1. The first kappa shape index (κ1) is 24.5. The molecule has 0 aromatic heterocycles. The number of hydrogen-bond acceptors (Lipinski definition) is 3. The molecule has 3 rings (SSSR count). The Hall–Kier alpha value is -3.12. The van der Waals surface area contributed by atoms with E-state index in [4.69, 9.17) is 4.74 Å². The van der Waals surface area contributed by atoms with Gasteiger partial charge in [-0.3, -0.25) is 9.59 Å². The average molecular weight is 509 g/mol. The van der Waals surface area contributed by atoms with Crippen molar-refractivity contribution in [1.82, 2.24) is 10.2 Å². The molecule has 3 aromatic carbocycles. The number of carbonyl (C=O) groups is 2. The number of likely N-dealkylation sites (N-methyl/N-ethyl adjacent to an activating group) is 1. The van der Waals surface area contributed by atoms with Crippen LogP contribution in [0.4, 0.5) is 0 Å². The van der Waals surface area contributed by atoms with Crippen molar-refractivity contribution < 1.29 is 14.3 Å². The summed E-state index contributed by atoms with van der Waals surface area (Å²) in [5.41, 5.74) is 3.92. The molecule has 0 unspecified atom stereocenters. The Balaban J connectivity index is 1.89. The highest BCUT2D eigenvalue weighted by molar-refractivity contribution is 9.10. The molecule has 1 N–H and O–H groups in total. The summed E-state index contributed by atoms with van der Waals surface area (Å²) >= 11 is 3.49. The Morgan fingerprint density at radius 2 is 1.70 bits per heavy atom. The first-order valence-electron chi connectivity index (χ1n) is 10.9. The molecule has 6 heteroatoms. The van der Waals surface area contributed by atoms with Gasteiger partial charge in [0.25, 0.3) is 5.91 Å². The van der Waals surface area contributed by atoms with Gasteiger partial charge in [-0.05, 0) is 54.3 Å². The van der Waals surface area contributed by atoms with Crippen LogP contribution in [0.15, 0.2) is 77.3 Å². The third kappa shape index (κ3) is 6.93. The normalized spacial score (nSPS) is 11.5. The zero-order valence-corrected chi connectivity index (χ0v) is 20.8. The van der Waals surface area contributed by atoms with Gasteiger partial charge in [-0.25, -0.2) is 0 Å². The van der Waals surface area contributed by atoms with Crippen LogP contribution in [0.2, 0.25) is 0 Å². The lowest BCUT2D eigenvalue weighted by Crippen LogP contribution is -2.51. The second-order valence-electron chi connectivity index (χ2n) is 8.03. The molecule has 0 radical (unpaired) electrons. The minimum Gasteiger partial charge on any atom is -0.483 e. The Labute approximate surface area is 203 Å². The van der Waals surface area contributed by atoms with Gasteiger partial charge in [-0.2, -0.15) is 0 Å². The molecule has 1 atom stereocenters. The zero-order chi connectivity index (χ0) is 23.8. The molecule has 2 amide bonds. The number of benzene rings is 3. The monoisotopic (exact) mass is 508 g/mol. The maximum atomic E-state index is 13.5. The fourth-order valence-corrected chi connectivity index (χ4v) is 4.08. The van der Waals surface area contributed by atoms with E-state index in [1.165, 1.54) is 0 Å². The molecule has 172 valence electrons. The van der Waals surface area contributed by atoms with Crippen molar-refractivity contribution in [3.63, 3.8) is 0 Å². The number of nitrogens with zero attached hydrogens (tertiary/aromatic N) is 1. The van der Waals surface area contributed by atoms with Crippen molar-refractivity contribution >= 4 is 27.7 Å². The number of rotatable bonds is 9. The molecule has 0 saturated heterocycles. The van der Waals surface area contributed by atoms with E-state index >= 15 is 0 Å². The Bertz CT molecular complexity index is 1100. The second kappa shape index (κ2) is 11.7. The number of carbonyl (C=O) groups excluding carboxylic acids is 2. The molecule has 0 aliphatic rings. The summed E-state index contributed by atoms with van der Waals surface area (Å²) in [4.78, 5) is 28.0. The largest absolute Gasteiger partial charge is 0.483 e. The number of ether oxygens (including phenoxy) is 1. The highest BCUT2D eigenvalue weighted by Gasteiger charge is 2.30. The first-order chi connectivity index (χ1) is 15.9. The van der Waals surface area contributed by atoms with Crippen LogP contribution in [0.1, 0.15) is 22.3 Å². The van der Waals surface area contributed by atoms with Gasteiger partial charge in [0.1, 0.15) is 11.8 Å². The smallest absolute Gasteiger partial charge is 0.261 e. The lowest BCUT2D eigenvalue weighted by molar-refractivity contribution is -0.142. The molecular weight excluding hydrogens is 480 g/mol. The van der Waals surface area contributed by atoms with Gasteiger partial charge < -0.3 is 15.0 Å². The van der Waals surface area contributed by atoms with Gasteiger partial charge in [0.05, 0.1) is 0 Å². The molecule has 0 spiro atoms. The number of aryl methyl sites for hydroxylation is 2. The average Bonchev–Trinajstić information content (AvgIpc) is 2.82. The van der Waals surface area contributed by atoms with Gasteiger partial charge in [0.2, 0.25) is 5.91 Å². The number of amides is 2. The molecular formula is C27H29BrN2O3. The van der Waals surface area contributed by atoms with Crippen LogP contribution in [-0.4, -0.2) is 36.4 Å². The molecule has 33 heavy (non-hydrogen) atoms. The SMILES string of the molecule is CNC(=O)[C@H](Cc1ccccc1)N(Cc1cccc(Br)c1)C(=O)COc1cc(C)ccc1C. The lowest BCUT2D eigenvalue weighted by atomic mass is 10.0. The van der Waals surface area contributed by atoms with Crippen LogP contribution < -0.4 is 10.1 Å². The van der Waals surface area contributed by atoms with Crippen molar-refractivity contribution in [3.8, 4) is 5.75 Å². The van der Waals surface area contributed by atoms with Crippen molar-refractivity contribution in [3.05, 3.63) is 99.5 Å². The summed E-state index contributed by atoms with van der Waals surface area (Å²) in [6, 6.07) is 22.7. The third-order valence-electron chi connectivity index (χ3n) is 5.45. The van der Waals surface area contributed by atoms with Crippen LogP contribution in [0.25, 0.3) is 0 Å². The number of halogens is 1. The van der Waals surface area contributed by atoms with Gasteiger partial charge in [0.15, 0.2) is 6.61 Å². The minimum absolute atomic E-state index is 0.152. The second-order valence-corrected chi connectivity index (χ2v) is 8.94. The highest BCUT2D eigenvalue weighted by atomic mass is 79.9. The molecule has 0 aliphatic heterocycles. The Kier molecular flexibility index (Phi) is 8.66. The van der Waals surface area contributed by atoms with Gasteiger partial charge in [-0.15, -0.1) is 0 Å². The van der Waals surface area contributed by atoms with Gasteiger partial charge >= 0.3 is 0 Å². The van der Waals surface area contributed by atoms with Crippen molar-refractivity contribution in [2.75, 3.05) is 13.7 Å². The van der Waals surface area contributed by atoms with Crippen LogP contribution in [0.5, 0.6) is 5.75 Å². The van der Waals surface area contributed by atoms with Crippen molar-refractivity contribution in [2.45, 2.75) is 32.9 Å². The predicted molar refractivity (Wildman–Crippen MR) is 134 cm³/mol. The quantitative estimate of drug-likeness (QED) is 0.450. The molecule has 3 aromatic rings. The molecule has 5 nitrogen and oxygen atoms in total. The standard InChI is InChI=1S/C27H29BrN2O3/c1-19-12-13-20(2)25(14-19)33-18-26(31)30(17-22-10-7-11-23(28)15-22)24(27(32)29-3)16-21-8-5-4-6-9-21/h4-15,24H,16-18H2,1-3H3,(H,29,32)/t24-/m0/s1. The predicted octanol–water partition coefficient (Wildman–Crippen LogP) is 4.83. The van der Waals surface area contributed by atoms with E-state index in [0.717, 1.165) is 26.7 Å². The molecule has 0 bridgehead atoms. The summed E-state index contributed by atoms with van der Waals surface area (Å²) in [5.74, 6) is 0.208. The van der Waals surface area contributed by atoms with Crippen LogP contribution in [0.3, 0.4) is 0 Å². The lowest BCUT2D eigenvalue weighted by Gasteiger charge is -2.31. The topological polar surface area (TPSA) is 58.6 Å². The van der Waals surface area contributed by atoms with Crippen LogP contribution >= 0.6 is 15.9 Å². The van der Waals surface area contributed by atoms with Crippen molar-refractivity contribution in [1.29, 1.82) is 0 Å². The van der Waals surface area contributed by atoms with E-state index < -0.39 is 6.04 Å².